The van der Waals surface area contributed by atoms with Crippen LogP contribution in [0.2, 0.25) is 0 Å². The van der Waals surface area contributed by atoms with E-state index in [9.17, 15) is 9.59 Å². The van der Waals surface area contributed by atoms with E-state index < -0.39 is 5.91 Å². The van der Waals surface area contributed by atoms with Crippen LogP contribution in [0.4, 0.5) is 5.69 Å². The van der Waals surface area contributed by atoms with Gasteiger partial charge in [-0.25, -0.2) is 0 Å². The number of rotatable bonds is 7. The third kappa shape index (κ3) is 5.85. The van der Waals surface area contributed by atoms with E-state index in [0.29, 0.717) is 17.1 Å². The maximum Gasteiger partial charge on any atom is 0.269 e. The zero-order valence-electron chi connectivity index (χ0n) is 18.0. The number of aryl methyl sites for hydroxylation is 4. The summed E-state index contributed by atoms with van der Waals surface area (Å²) >= 11 is 0. The molecule has 0 aliphatic carbocycles. The van der Waals surface area contributed by atoms with Gasteiger partial charge in [-0.15, -0.1) is 0 Å². The molecule has 1 heterocycles. The number of nitrogens with one attached hydrogen (secondary N) is 3. The third-order valence-corrected chi connectivity index (χ3v) is 4.80. The Kier molecular flexibility index (Phi) is 6.92. The van der Waals surface area contributed by atoms with E-state index >= 15 is 0 Å². The molecule has 8 heteroatoms. The van der Waals surface area contributed by atoms with Crippen LogP contribution in [0.1, 0.15) is 38.5 Å². The second kappa shape index (κ2) is 9.80. The van der Waals surface area contributed by atoms with E-state index in [0.717, 1.165) is 28.1 Å². The average Bonchev–Trinajstić information content (AvgIpc) is 3.07. The molecule has 0 fully saturated rings. The van der Waals surface area contributed by atoms with Gasteiger partial charge in [0.1, 0.15) is 18.1 Å². The molecule has 1 aromatic heterocycles. The molecule has 31 heavy (non-hydrogen) atoms. The molecular formula is C23H26N4O4. The standard InChI is InChI=1S/C23H26N4O4/c1-14-8-9-21(15(2)10-14)24-12-22(28)25-26-23(29)18-6-5-7-19(11-18)30-13-20-16(3)27-31-17(20)4/h5-11,24H,12-13H2,1-4H3,(H,25,28)(H,26,29). The number of carbonyl (C=O) groups is 2. The molecule has 0 aliphatic heterocycles. The fourth-order valence-corrected chi connectivity index (χ4v) is 3.02. The van der Waals surface area contributed by atoms with Gasteiger partial charge in [0, 0.05) is 11.3 Å². The van der Waals surface area contributed by atoms with Gasteiger partial charge in [-0.1, -0.05) is 28.9 Å². The number of nitrogens with zero attached hydrogens (tertiary/aromatic N) is 1. The third-order valence-electron chi connectivity index (χ3n) is 4.80. The van der Waals surface area contributed by atoms with Crippen LogP contribution in [0.5, 0.6) is 5.75 Å². The molecule has 0 radical (unpaired) electrons. The molecule has 3 aromatic rings. The van der Waals surface area contributed by atoms with Gasteiger partial charge in [0.05, 0.1) is 17.8 Å². The summed E-state index contributed by atoms with van der Waals surface area (Å²) in [5, 5.41) is 6.95. The van der Waals surface area contributed by atoms with E-state index in [1.807, 2.05) is 45.9 Å². The molecule has 0 saturated heterocycles. The molecule has 0 atom stereocenters. The largest absolute Gasteiger partial charge is 0.489 e. The second-order valence-electron chi connectivity index (χ2n) is 7.29. The van der Waals surface area contributed by atoms with Crippen molar-refractivity contribution in [2.75, 3.05) is 11.9 Å². The van der Waals surface area contributed by atoms with Crippen molar-refractivity contribution in [3.8, 4) is 5.75 Å². The predicted molar refractivity (Wildman–Crippen MR) is 117 cm³/mol. The van der Waals surface area contributed by atoms with Gasteiger partial charge in [0.15, 0.2) is 0 Å². The highest BCUT2D eigenvalue weighted by atomic mass is 16.5. The highest BCUT2D eigenvalue weighted by Gasteiger charge is 2.12. The molecule has 2 amide bonds. The van der Waals surface area contributed by atoms with Crippen LogP contribution in [0, 0.1) is 27.7 Å². The van der Waals surface area contributed by atoms with Gasteiger partial charge >= 0.3 is 0 Å². The van der Waals surface area contributed by atoms with Crippen LogP contribution >= 0.6 is 0 Å². The minimum absolute atomic E-state index is 0.0325. The summed E-state index contributed by atoms with van der Waals surface area (Å²) in [6.07, 6.45) is 0. The molecule has 8 nitrogen and oxygen atoms in total. The Morgan fingerprint density at radius 2 is 1.84 bits per heavy atom. The molecule has 162 valence electrons. The molecule has 3 N–H and O–H groups in total. The van der Waals surface area contributed by atoms with Gasteiger partial charge < -0.3 is 14.6 Å². The van der Waals surface area contributed by atoms with E-state index in [2.05, 4.69) is 21.3 Å². The number of carbonyl (C=O) groups excluding carboxylic acids is 2. The summed E-state index contributed by atoms with van der Waals surface area (Å²) in [6, 6.07) is 12.6. The Bertz CT molecular complexity index is 1070. The van der Waals surface area contributed by atoms with Crippen molar-refractivity contribution in [1.29, 1.82) is 0 Å². The molecular weight excluding hydrogens is 396 g/mol. The Morgan fingerprint density at radius 3 is 2.55 bits per heavy atom. The topological polar surface area (TPSA) is 105 Å². The number of hydrogen-bond acceptors (Lipinski definition) is 6. The first-order valence-electron chi connectivity index (χ1n) is 9.88. The van der Waals surface area contributed by atoms with Crippen LogP contribution in [-0.4, -0.2) is 23.5 Å². The fourth-order valence-electron chi connectivity index (χ4n) is 3.02. The molecule has 0 bridgehead atoms. The van der Waals surface area contributed by atoms with Crippen LogP contribution < -0.4 is 20.9 Å². The van der Waals surface area contributed by atoms with Gasteiger partial charge in [0.25, 0.3) is 11.8 Å². The van der Waals surface area contributed by atoms with Gasteiger partial charge in [-0.3, -0.25) is 20.4 Å². The Hall–Kier alpha value is -3.81. The van der Waals surface area contributed by atoms with Crippen molar-refractivity contribution >= 4 is 17.5 Å². The van der Waals surface area contributed by atoms with Gasteiger partial charge in [-0.2, -0.15) is 0 Å². The molecule has 3 rings (SSSR count). The van der Waals surface area contributed by atoms with Crippen molar-refractivity contribution in [3.63, 3.8) is 0 Å². The monoisotopic (exact) mass is 422 g/mol. The minimum atomic E-state index is -0.442. The number of hydrazine groups is 1. The van der Waals surface area contributed by atoms with E-state index in [1.165, 1.54) is 0 Å². The molecule has 0 spiro atoms. The maximum atomic E-state index is 12.4. The number of anilines is 1. The van der Waals surface area contributed by atoms with E-state index in [4.69, 9.17) is 9.26 Å². The van der Waals surface area contributed by atoms with Crippen LogP contribution in [0.3, 0.4) is 0 Å². The van der Waals surface area contributed by atoms with Gasteiger partial charge in [-0.05, 0) is 57.5 Å². The fraction of sp³-hybridized carbons (Fsp3) is 0.261. The number of aromatic nitrogens is 1. The second-order valence-corrected chi connectivity index (χ2v) is 7.29. The molecule has 2 aromatic carbocycles. The lowest BCUT2D eigenvalue weighted by Crippen LogP contribution is -2.44. The van der Waals surface area contributed by atoms with Crippen molar-refractivity contribution in [1.82, 2.24) is 16.0 Å². The predicted octanol–water partition coefficient (Wildman–Crippen LogP) is 3.36. The smallest absolute Gasteiger partial charge is 0.269 e. The Labute approximate surface area is 180 Å². The lowest BCUT2D eigenvalue weighted by atomic mass is 10.1. The average molecular weight is 422 g/mol. The van der Waals surface area contributed by atoms with Crippen molar-refractivity contribution in [2.24, 2.45) is 0 Å². The highest BCUT2D eigenvalue weighted by Crippen LogP contribution is 2.18. The molecule has 0 saturated carbocycles. The summed E-state index contributed by atoms with van der Waals surface area (Å²) in [5.41, 5.74) is 9.89. The summed E-state index contributed by atoms with van der Waals surface area (Å²) in [4.78, 5) is 24.4. The molecule has 0 unspecified atom stereocenters. The lowest BCUT2D eigenvalue weighted by molar-refractivity contribution is -0.120. The first-order chi connectivity index (χ1) is 14.8. The summed E-state index contributed by atoms with van der Waals surface area (Å²) < 4.78 is 10.9. The molecule has 0 aliphatic rings. The summed E-state index contributed by atoms with van der Waals surface area (Å²) in [5.74, 6) is 0.417. The van der Waals surface area contributed by atoms with Crippen LogP contribution in [-0.2, 0) is 11.4 Å². The Balaban J connectivity index is 1.49. The number of benzene rings is 2. The zero-order valence-corrected chi connectivity index (χ0v) is 18.0. The Morgan fingerprint density at radius 1 is 1.03 bits per heavy atom. The zero-order chi connectivity index (χ0) is 22.4. The number of hydrogen-bond donors (Lipinski definition) is 3. The van der Waals surface area contributed by atoms with Crippen molar-refractivity contribution < 1.29 is 18.8 Å². The van der Waals surface area contributed by atoms with Gasteiger partial charge in [0.2, 0.25) is 0 Å². The van der Waals surface area contributed by atoms with Crippen molar-refractivity contribution in [2.45, 2.75) is 34.3 Å². The lowest BCUT2D eigenvalue weighted by Gasteiger charge is -2.12. The van der Waals surface area contributed by atoms with Crippen LogP contribution in [0.25, 0.3) is 0 Å². The summed E-state index contributed by atoms with van der Waals surface area (Å²) in [7, 11) is 0. The van der Waals surface area contributed by atoms with Crippen LogP contribution in [0.15, 0.2) is 47.0 Å². The minimum Gasteiger partial charge on any atom is -0.489 e. The number of ether oxygens (including phenoxy) is 1. The maximum absolute atomic E-state index is 12.4. The SMILES string of the molecule is Cc1ccc(NCC(=O)NNC(=O)c2cccc(OCc3c(C)noc3C)c2)c(C)c1. The van der Waals surface area contributed by atoms with E-state index in [-0.39, 0.29) is 19.1 Å². The highest BCUT2D eigenvalue weighted by molar-refractivity contribution is 5.96. The quantitative estimate of drug-likeness (QED) is 0.504. The normalized spacial score (nSPS) is 10.5. The van der Waals surface area contributed by atoms with Crippen molar-refractivity contribution in [3.05, 3.63) is 76.2 Å². The van der Waals surface area contributed by atoms with E-state index in [1.54, 1.807) is 24.3 Å². The first-order valence-corrected chi connectivity index (χ1v) is 9.88. The first kappa shape index (κ1) is 21.9. The number of amides is 2. The summed E-state index contributed by atoms with van der Waals surface area (Å²) in [6.45, 7) is 7.96.